The summed E-state index contributed by atoms with van der Waals surface area (Å²) in [5.41, 5.74) is 2.22. The summed E-state index contributed by atoms with van der Waals surface area (Å²) in [6.45, 7) is 0.952. The fraction of sp³-hybridized carbons (Fsp3) is 0.562. The number of halogens is 2. The Balaban J connectivity index is 2.03. The number of imidazole rings is 1. The summed E-state index contributed by atoms with van der Waals surface area (Å²) in [5.74, 6) is 2.54. The summed E-state index contributed by atoms with van der Waals surface area (Å²) in [5, 5.41) is 0.759. The molecule has 1 aromatic carbocycles. The molecule has 1 saturated carbocycles. The molecule has 0 aliphatic heterocycles. The van der Waals surface area contributed by atoms with Gasteiger partial charge in [-0.15, -0.1) is 11.6 Å². The predicted octanol–water partition coefficient (Wildman–Crippen LogP) is 5.37. The highest BCUT2D eigenvalue weighted by atomic mass is 35.5. The van der Waals surface area contributed by atoms with Crippen LogP contribution in [0.4, 0.5) is 0 Å². The van der Waals surface area contributed by atoms with Crippen molar-refractivity contribution >= 4 is 34.2 Å². The molecule has 0 radical (unpaired) electrons. The van der Waals surface area contributed by atoms with Gasteiger partial charge in [0, 0.05) is 23.4 Å². The van der Waals surface area contributed by atoms with Gasteiger partial charge in [-0.1, -0.05) is 30.9 Å². The Kier molecular flexibility index (Phi) is 4.52. The van der Waals surface area contributed by atoms with E-state index in [1.165, 1.54) is 43.4 Å². The van der Waals surface area contributed by atoms with Crippen LogP contribution in [-0.4, -0.2) is 15.4 Å². The van der Waals surface area contributed by atoms with Gasteiger partial charge in [-0.05, 0) is 37.5 Å². The molecule has 0 saturated heterocycles. The average Bonchev–Trinajstić information content (AvgIpc) is 2.83. The Morgan fingerprint density at radius 2 is 2.00 bits per heavy atom. The fourth-order valence-electron chi connectivity index (χ4n) is 3.25. The van der Waals surface area contributed by atoms with E-state index >= 15 is 0 Å². The molecule has 2 aromatic rings. The monoisotopic (exact) mass is 310 g/mol. The first-order chi connectivity index (χ1) is 9.79. The Hall–Kier alpha value is -0.730. The van der Waals surface area contributed by atoms with E-state index in [0.717, 1.165) is 23.5 Å². The van der Waals surface area contributed by atoms with Gasteiger partial charge in [-0.25, -0.2) is 4.98 Å². The lowest BCUT2D eigenvalue weighted by atomic mass is 9.88. The third-order valence-corrected chi connectivity index (χ3v) is 4.73. The van der Waals surface area contributed by atoms with Crippen LogP contribution in [-0.2, 0) is 6.54 Å². The first-order valence-electron chi connectivity index (χ1n) is 7.51. The van der Waals surface area contributed by atoms with E-state index in [4.69, 9.17) is 28.2 Å². The van der Waals surface area contributed by atoms with Crippen molar-refractivity contribution in [3.05, 3.63) is 29.0 Å². The van der Waals surface area contributed by atoms with Crippen molar-refractivity contribution in [3.8, 4) is 0 Å². The average molecular weight is 311 g/mol. The van der Waals surface area contributed by atoms with Gasteiger partial charge in [0.2, 0.25) is 0 Å². The van der Waals surface area contributed by atoms with Crippen LogP contribution in [0.25, 0.3) is 11.0 Å². The quantitative estimate of drug-likeness (QED) is 0.694. The van der Waals surface area contributed by atoms with Crippen LogP contribution in [0.1, 0.15) is 50.3 Å². The minimum Gasteiger partial charge on any atom is -0.328 e. The summed E-state index contributed by atoms with van der Waals surface area (Å²) in [4.78, 5) is 4.89. The number of fused-ring (bicyclic) bond motifs is 1. The molecule has 1 heterocycles. The first-order valence-corrected chi connectivity index (χ1v) is 8.42. The second kappa shape index (κ2) is 6.36. The van der Waals surface area contributed by atoms with E-state index in [1.54, 1.807) is 0 Å². The second-order valence-corrected chi connectivity index (χ2v) is 6.45. The summed E-state index contributed by atoms with van der Waals surface area (Å²) < 4.78 is 2.37. The molecule has 0 N–H and O–H groups in total. The van der Waals surface area contributed by atoms with Gasteiger partial charge in [-0.3, -0.25) is 0 Å². The smallest absolute Gasteiger partial charge is 0.112 e. The van der Waals surface area contributed by atoms with Crippen LogP contribution in [0.5, 0.6) is 0 Å². The Morgan fingerprint density at radius 3 is 2.75 bits per heavy atom. The van der Waals surface area contributed by atoms with Crippen LogP contribution in [0.2, 0.25) is 5.02 Å². The number of aryl methyl sites for hydroxylation is 1. The third-order valence-electron chi connectivity index (χ3n) is 4.23. The summed E-state index contributed by atoms with van der Waals surface area (Å²) in [7, 11) is 0. The lowest BCUT2D eigenvalue weighted by Gasteiger charge is -2.22. The molecule has 108 valence electrons. The van der Waals surface area contributed by atoms with Crippen molar-refractivity contribution in [2.45, 2.75) is 51.0 Å². The lowest BCUT2D eigenvalue weighted by Crippen LogP contribution is -2.12. The molecule has 1 fully saturated rings. The number of hydrogen-bond acceptors (Lipinski definition) is 1. The number of nitrogens with zero attached hydrogens (tertiary/aromatic N) is 2. The molecule has 1 aromatic heterocycles. The lowest BCUT2D eigenvalue weighted by molar-refractivity contribution is 0.416. The maximum absolute atomic E-state index is 6.10. The van der Waals surface area contributed by atoms with Gasteiger partial charge in [0.25, 0.3) is 0 Å². The van der Waals surface area contributed by atoms with Gasteiger partial charge < -0.3 is 4.57 Å². The zero-order valence-corrected chi connectivity index (χ0v) is 13.1. The van der Waals surface area contributed by atoms with Crippen LogP contribution in [0.15, 0.2) is 18.2 Å². The van der Waals surface area contributed by atoms with Crippen LogP contribution in [0.3, 0.4) is 0 Å². The van der Waals surface area contributed by atoms with E-state index in [-0.39, 0.29) is 0 Å². The topological polar surface area (TPSA) is 17.8 Å². The Labute approximate surface area is 130 Å². The SMILES string of the molecule is ClCCCn1c(C2CCCCC2)nc2cc(Cl)ccc21. The molecule has 3 rings (SSSR count). The maximum Gasteiger partial charge on any atom is 0.112 e. The molecule has 1 aliphatic carbocycles. The molecule has 0 amide bonds. The molecule has 1 aliphatic rings. The number of aromatic nitrogens is 2. The van der Waals surface area contributed by atoms with Crippen molar-refractivity contribution in [2.75, 3.05) is 5.88 Å². The van der Waals surface area contributed by atoms with E-state index in [0.29, 0.717) is 11.8 Å². The molecule has 20 heavy (non-hydrogen) atoms. The van der Waals surface area contributed by atoms with Gasteiger partial charge >= 0.3 is 0 Å². The zero-order valence-electron chi connectivity index (χ0n) is 11.6. The minimum absolute atomic E-state index is 0.602. The van der Waals surface area contributed by atoms with Gasteiger partial charge in [0.15, 0.2) is 0 Å². The van der Waals surface area contributed by atoms with E-state index in [2.05, 4.69) is 10.6 Å². The zero-order chi connectivity index (χ0) is 13.9. The van der Waals surface area contributed by atoms with Gasteiger partial charge in [0.05, 0.1) is 11.0 Å². The van der Waals surface area contributed by atoms with Crippen LogP contribution >= 0.6 is 23.2 Å². The largest absolute Gasteiger partial charge is 0.328 e. The molecular formula is C16H20Cl2N2. The summed E-state index contributed by atoms with van der Waals surface area (Å²) in [6, 6.07) is 6.01. The number of benzene rings is 1. The van der Waals surface area contributed by atoms with Crippen LogP contribution < -0.4 is 0 Å². The van der Waals surface area contributed by atoms with Gasteiger partial charge in [0.1, 0.15) is 5.82 Å². The van der Waals surface area contributed by atoms with Crippen molar-refractivity contribution < 1.29 is 0 Å². The number of rotatable bonds is 4. The van der Waals surface area contributed by atoms with Crippen molar-refractivity contribution in [1.29, 1.82) is 0 Å². The normalized spacial score (nSPS) is 16.9. The Bertz CT molecular complexity index is 585. The van der Waals surface area contributed by atoms with Crippen molar-refractivity contribution in [2.24, 2.45) is 0 Å². The molecule has 0 spiro atoms. The third kappa shape index (κ3) is 2.82. The van der Waals surface area contributed by atoms with Crippen molar-refractivity contribution in [1.82, 2.24) is 9.55 Å². The van der Waals surface area contributed by atoms with Crippen LogP contribution in [0, 0.1) is 0 Å². The van der Waals surface area contributed by atoms with E-state index < -0.39 is 0 Å². The molecule has 0 bridgehead atoms. The minimum atomic E-state index is 0.602. The summed E-state index contributed by atoms with van der Waals surface area (Å²) in [6.07, 6.45) is 7.52. The highest BCUT2D eigenvalue weighted by Crippen LogP contribution is 2.34. The van der Waals surface area contributed by atoms with E-state index in [9.17, 15) is 0 Å². The standard InChI is InChI=1S/C16H20Cl2N2/c17-9-4-10-20-15-8-7-13(18)11-14(15)19-16(20)12-5-2-1-3-6-12/h7-8,11-12H,1-6,9-10H2. The number of hydrogen-bond donors (Lipinski definition) is 0. The molecule has 0 unspecified atom stereocenters. The fourth-order valence-corrected chi connectivity index (χ4v) is 3.53. The highest BCUT2D eigenvalue weighted by Gasteiger charge is 2.22. The molecule has 4 heteroatoms. The molecule has 0 atom stereocenters. The number of alkyl halides is 1. The van der Waals surface area contributed by atoms with Crippen molar-refractivity contribution in [3.63, 3.8) is 0 Å². The maximum atomic E-state index is 6.10. The predicted molar refractivity (Wildman–Crippen MR) is 85.9 cm³/mol. The highest BCUT2D eigenvalue weighted by molar-refractivity contribution is 6.31. The molecule has 2 nitrogen and oxygen atoms in total. The Morgan fingerprint density at radius 1 is 1.20 bits per heavy atom. The first kappa shape index (κ1) is 14.2. The van der Waals surface area contributed by atoms with E-state index in [1.807, 2.05) is 12.1 Å². The summed E-state index contributed by atoms with van der Waals surface area (Å²) >= 11 is 12.0. The van der Waals surface area contributed by atoms with Gasteiger partial charge in [-0.2, -0.15) is 0 Å². The molecular weight excluding hydrogens is 291 g/mol. The second-order valence-electron chi connectivity index (χ2n) is 5.63.